The summed E-state index contributed by atoms with van der Waals surface area (Å²) in [6.07, 6.45) is 5.18. The van der Waals surface area contributed by atoms with Gasteiger partial charge in [-0.25, -0.2) is 0 Å². The monoisotopic (exact) mass is 266 g/mol. The molecule has 2 atom stereocenters. The molecule has 19 heavy (non-hydrogen) atoms. The quantitative estimate of drug-likeness (QED) is 0.729. The lowest BCUT2D eigenvalue weighted by molar-refractivity contribution is 0.851. The van der Waals surface area contributed by atoms with Crippen molar-refractivity contribution in [3.8, 4) is 0 Å². The second-order valence-electron chi connectivity index (χ2n) is 5.59. The average Bonchev–Trinajstić information content (AvgIpc) is 3.05. The van der Waals surface area contributed by atoms with Gasteiger partial charge in [0.05, 0.1) is 0 Å². The summed E-state index contributed by atoms with van der Waals surface area (Å²) in [7, 11) is 0. The number of rotatable bonds is 2. The maximum absolute atomic E-state index is 2.33. The number of fused-ring (bicyclic) bond motifs is 2. The molecule has 2 unspecified atom stereocenters. The highest BCUT2D eigenvalue weighted by Crippen LogP contribution is 2.51. The van der Waals surface area contributed by atoms with Crippen molar-refractivity contribution in [2.24, 2.45) is 0 Å². The van der Waals surface area contributed by atoms with Crippen LogP contribution in [-0.2, 0) is 12.8 Å². The second-order valence-corrected chi connectivity index (χ2v) is 7.00. The largest absolute Gasteiger partial charge is 0.146 e. The van der Waals surface area contributed by atoms with Crippen LogP contribution >= 0.6 is 11.8 Å². The number of hydrogen-bond acceptors (Lipinski definition) is 1. The molecule has 96 valence electrons. The van der Waals surface area contributed by atoms with Gasteiger partial charge in [-0.2, -0.15) is 0 Å². The molecule has 0 aromatic heterocycles. The summed E-state index contributed by atoms with van der Waals surface area (Å²) in [6.45, 7) is 0. The lowest BCUT2D eigenvalue weighted by atomic mass is 10.1. The van der Waals surface area contributed by atoms with Gasteiger partial charge in [0.25, 0.3) is 0 Å². The van der Waals surface area contributed by atoms with E-state index in [4.69, 9.17) is 0 Å². The topological polar surface area (TPSA) is 0 Å². The van der Waals surface area contributed by atoms with Crippen molar-refractivity contribution in [2.45, 2.75) is 36.2 Å². The van der Waals surface area contributed by atoms with Crippen LogP contribution in [0.4, 0.5) is 0 Å². The van der Waals surface area contributed by atoms with E-state index in [-0.39, 0.29) is 0 Å². The molecule has 0 saturated heterocycles. The number of hydrogen-bond donors (Lipinski definition) is 0. The fourth-order valence-corrected chi connectivity index (χ4v) is 5.17. The standard InChI is InChI=1S/C18H18S/c1-3-7-15-13(5-1)9-11-17(15)19-18-12-10-14-6-2-4-8-16(14)18/h1-8,17-18H,9-12H2. The van der Waals surface area contributed by atoms with Crippen molar-refractivity contribution < 1.29 is 0 Å². The summed E-state index contributed by atoms with van der Waals surface area (Å²) in [6, 6.07) is 18.0. The maximum atomic E-state index is 2.33. The summed E-state index contributed by atoms with van der Waals surface area (Å²) in [5, 5.41) is 1.43. The second kappa shape index (κ2) is 4.72. The molecular weight excluding hydrogens is 248 g/mol. The maximum Gasteiger partial charge on any atom is 0.0309 e. The molecule has 0 heterocycles. The highest BCUT2D eigenvalue weighted by molar-refractivity contribution is 7.99. The van der Waals surface area contributed by atoms with E-state index in [0.29, 0.717) is 10.5 Å². The lowest BCUT2D eigenvalue weighted by Gasteiger charge is -2.17. The predicted molar refractivity (Wildman–Crippen MR) is 82.6 cm³/mol. The molecule has 4 rings (SSSR count). The molecule has 2 aromatic carbocycles. The van der Waals surface area contributed by atoms with Crippen LogP contribution in [0.25, 0.3) is 0 Å². The molecule has 2 aliphatic carbocycles. The van der Waals surface area contributed by atoms with Crippen LogP contribution in [0.3, 0.4) is 0 Å². The van der Waals surface area contributed by atoms with Crippen molar-refractivity contribution in [3.63, 3.8) is 0 Å². The first-order valence-electron chi connectivity index (χ1n) is 7.23. The Morgan fingerprint density at radius 2 is 1.16 bits per heavy atom. The zero-order chi connectivity index (χ0) is 12.7. The first-order valence-corrected chi connectivity index (χ1v) is 8.17. The molecule has 1 heteroatoms. The Morgan fingerprint density at radius 3 is 1.68 bits per heavy atom. The highest BCUT2D eigenvalue weighted by atomic mass is 32.2. The Balaban J connectivity index is 1.58. The zero-order valence-electron chi connectivity index (χ0n) is 11.0. The van der Waals surface area contributed by atoms with Crippen LogP contribution in [0.1, 0.15) is 45.6 Å². The minimum absolute atomic E-state index is 0.715. The third-order valence-electron chi connectivity index (χ3n) is 4.48. The van der Waals surface area contributed by atoms with Gasteiger partial charge in [-0.05, 0) is 47.9 Å². The van der Waals surface area contributed by atoms with Gasteiger partial charge >= 0.3 is 0 Å². The van der Waals surface area contributed by atoms with E-state index in [2.05, 4.69) is 60.3 Å². The van der Waals surface area contributed by atoms with E-state index in [1.54, 1.807) is 22.3 Å². The first-order chi connectivity index (χ1) is 9.42. The van der Waals surface area contributed by atoms with E-state index >= 15 is 0 Å². The van der Waals surface area contributed by atoms with Crippen LogP contribution in [-0.4, -0.2) is 0 Å². The van der Waals surface area contributed by atoms with Gasteiger partial charge in [-0.15, -0.1) is 11.8 Å². The molecule has 0 saturated carbocycles. The Labute approximate surface area is 119 Å². The van der Waals surface area contributed by atoms with Crippen molar-refractivity contribution >= 4 is 11.8 Å². The first kappa shape index (κ1) is 11.6. The molecule has 0 nitrogen and oxygen atoms in total. The molecule has 2 aliphatic rings. The van der Waals surface area contributed by atoms with E-state index in [0.717, 1.165) is 0 Å². The van der Waals surface area contributed by atoms with Crippen LogP contribution in [0.5, 0.6) is 0 Å². The lowest BCUT2D eigenvalue weighted by Crippen LogP contribution is -1.94. The van der Waals surface area contributed by atoms with Crippen molar-refractivity contribution in [3.05, 3.63) is 70.8 Å². The van der Waals surface area contributed by atoms with Crippen LogP contribution in [0.2, 0.25) is 0 Å². The van der Waals surface area contributed by atoms with Gasteiger partial charge in [-0.3, -0.25) is 0 Å². The third-order valence-corrected chi connectivity index (χ3v) is 6.12. The minimum atomic E-state index is 0.715. The van der Waals surface area contributed by atoms with Crippen LogP contribution in [0.15, 0.2) is 48.5 Å². The Hall–Kier alpha value is -1.21. The van der Waals surface area contributed by atoms with E-state index in [9.17, 15) is 0 Å². The predicted octanol–water partition coefficient (Wildman–Crippen LogP) is 5.09. The van der Waals surface area contributed by atoms with Gasteiger partial charge in [-0.1, -0.05) is 48.5 Å². The Bertz CT molecular complexity index is 549. The van der Waals surface area contributed by atoms with Gasteiger partial charge in [0.15, 0.2) is 0 Å². The molecule has 0 amide bonds. The number of aryl methyl sites for hydroxylation is 2. The smallest absolute Gasteiger partial charge is 0.0309 e. The van der Waals surface area contributed by atoms with Crippen LogP contribution < -0.4 is 0 Å². The van der Waals surface area contributed by atoms with Gasteiger partial charge in [0.1, 0.15) is 0 Å². The number of thioether (sulfide) groups is 1. The molecule has 0 aliphatic heterocycles. The summed E-state index contributed by atoms with van der Waals surface area (Å²) in [5.41, 5.74) is 6.34. The van der Waals surface area contributed by atoms with E-state index in [1.165, 1.54) is 25.7 Å². The van der Waals surface area contributed by atoms with Crippen molar-refractivity contribution in [1.82, 2.24) is 0 Å². The molecular formula is C18H18S. The summed E-state index contributed by atoms with van der Waals surface area (Å²) in [4.78, 5) is 0. The van der Waals surface area contributed by atoms with Crippen molar-refractivity contribution in [2.75, 3.05) is 0 Å². The fraction of sp³-hybridized carbons (Fsp3) is 0.333. The van der Waals surface area contributed by atoms with E-state index < -0.39 is 0 Å². The van der Waals surface area contributed by atoms with E-state index in [1.807, 2.05) is 0 Å². The molecule has 0 N–H and O–H groups in total. The molecule has 0 spiro atoms. The minimum Gasteiger partial charge on any atom is -0.146 e. The normalized spacial score (nSPS) is 24.2. The van der Waals surface area contributed by atoms with Gasteiger partial charge in [0, 0.05) is 10.5 Å². The summed E-state index contributed by atoms with van der Waals surface area (Å²) >= 11 is 2.20. The van der Waals surface area contributed by atoms with Gasteiger partial charge < -0.3 is 0 Å². The average molecular weight is 266 g/mol. The Kier molecular flexibility index (Phi) is 2.88. The van der Waals surface area contributed by atoms with Crippen LogP contribution in [0, 0.1) is 0 Å². The van der Waals surface area contributed by atoms with Gasteiger partial charge in [0.2, 0.25) is 0 Å². The SMILES string of the molecule is c1ccc2c(c1)CCC2SC1CCc2ccccc21. The molecule has 0 bridgehead atoms. The number of benzene rings is 2. The fourth-order valence-electron chi connectivity index (χ4n) is 3.52. The zero-order valence-corrected chi connectivity index (χ0v) is 11.8. The molecule has 0 radical (unpaired) electrons. The highest BCUT2D eigenvalue weighted by Gasteiger charge is 2.29. The summed E-state index contributed by atoms with van der Waals surface area (Å²) in [5.74, 6) is 0. The van der Waals surface area contributed by atoms with Crippen molar-refractivity contribution in [1.29, 1.82) is 0 Å². The molecule has 0 fully saturated rings. The molecule has 2 aromatic rings. The summed E-state index contributed by atoms with van der Waals surface area (Å²) < 4.78 is 0. The Morgan fingerprint density at radius 1 is 0.684 bits per heavy atom. The third kappa shape index (κ3) is 2.01.